The van der Waals surface area contributed by atoms with Crippen LogP contribution < -0.4 is 11.1 Å². The van der Waals surface area contributed by atoms with Crippen LogP contribution in [0.3, 0.4) is 0 Å². The first-order chi connectivity index (χ1) is 9.61. The summed E-state index contributed by atoms with van der Waals surface area (Å²) in [5, 5.41) is 3.03. The summed E-state index contributed by atoms with van der Waals surface area (Å²) in [6.45, 7) is 1.95. The molecule has 4 unspecified atom stereocenters. The van der Waals surface area contributed by atoms with Crippen LogP contribution in [-0.2, 0) is 4.79 Å². The summed E-state index contributed by atoms with van der Waals surface area (Å²) in [6, 6.07) is 7.85. The fraction of sp³-hybridized carbons (Fsp3) is 0.588. The molecule has 3 nitrogen and oxygen atoms in total. The van der Waals surface area contributed by atoms with Crippen molar-refractivity contribution in [2.45, 2.75) is 45.1 Å². The number of carbonyl (C=O) groups is 1. The van der Waals surface area contributed by atoms with Crippen molar-refractivity contribution in [2.75, 3.05) is 5.32 Å². The lowest BCUT2D eigenvalue weighted by atomic mass is 9.86. The number of nitrogens with two attached hydrogens (primary N) is 1. The van der Waals surface area contributed by atoms with E-state index in [0.29, 0.717) is 12.3 Å². The molecule has 108 valence electrons. The Hall–Kier alpha value is -1.35. The minimum atomic E-state index is -0.00239. The Labute approximate surface area is 120 Å². The maximum absolute atomic E-state index is 12.2. The van der Waals surface area contributed by atoms with Gasteiger partial charge >= 0.3 is 0 Å². The average molecular weight is 272 g/mol. The third kappa shape index (κ3) is 2.88. The molecule has 4 atom stereocenters. The lowest BCUT2D eigenvalue weighted by Crippen LogP contribution is -2.20. The van der Waals surface area contributed by atoms with Gasteiger partial charge in [0.15, 0.2) is 0 Å². The molecule has 20 heavy (non-hydrogen) atoms. The van der Waals surface area contributed by atoms with Crippen LogP contribution in [0.15, 0.2) is 24.3 Å². The highest BCUT2D eigenvalue weighted by Gasteiger charge is 2.40. The normalized spacial score (nSPS) is 29.4. The Balaban J connectivity index is 1.57. The van der Waals surface area contributed by atoms with Gasteiger partial charge in [0.05, 0.1) is 0 Å². The van der Waals surface area contributed by atoms with Gasteiger partial charge in [-0.3, -0.25) is 4.79 Å². The molecule has 2 bridgehead atoms. The lowest BCUT2D eigenvalue weighted by Gasteiger charge is -2.21. The molecule has 0 aromatic heterocycles. The van der Waals surface area contributed by atoms with Crippen molar-refractivity contribution in [1.29, 1.82) is 0 Å². The highest BCUT2D eigenvalue weighted by molar-refractivity contribution is 5.91. The molecule has 2 saturated carbocycles. The standard InChI is InChI=1S/C17H24N2O/c1-11(18)13-3-2-4-16(9-13)19-17(20)10-15-8-12-5-6-14(15)7-12/h2-4,9,11-12,14-15H,5-8,10,18H2,1H3,(H,19,20). The number of rotatable bonds is 4. The van der Waals surface area contributed by atoms with Crippen LogP contribution in [0, 0.1) is 17.8 Å². The molecule has 1 aromatic carbocycles. The van der Waals surface area contributed by atoms with E-state index in [0.717, 1.165) is 23.1 Å². The number of nitrogens with one attached hydrogen (secondary N) is 1. The maximum atomic E-state index is 12.2. The SMILES string of the molecule is CC(N)c1cccc(NC(=O)CC2CC3CCC2C3)c1. The Morgan fingerprint density at radius 1 is 1.40 bits per heavy atom. The fourth-order valence-electron chi connectivity index (χ4n) is 3.98. The van der Waals surface area contributed by atoms with E-state index in [-0.39, 0.29) is 11.9 Å². The van der Waals surface area contributed by atoms with Gasteiger partial charge in [0, 0.05) is 18.2 Å². The van der Waals surface area contributed by atoms with Crippen molar-refractivity contribution in [3.8, 4) is 0 Å². The Morgan fingerprint density at radius 2 is 2.25 bits per heavy atom. The van der Waals surface area contributed by atoms with E-state index in [1.54, 1.807) is 0 Å². The topological polar surface area (TPSA) is 55.1 Å². The van der Waals surface area contributed by atoms with Crippen molar-refractivity contribution in [1.82, 2.24) is 0 Å². The summed E-state index contributed by atoms with van der Waals surface area (Å²) in [7, 11) is 0. The van der Waals surface area contributed by atoms with Crippen molar-refractivity contribution in [2.24, 2.45) is 23.5 Å². The van der Waals surface area contributed by atoms with Gasteiger partial charge in [0.25, 0.3) is 0 Å². The predicted octanol–water partition coefficient (Wildman–Crippen LogP) is 3.47. The van der Waals surface area contributed by atoms with Gasteiger partial charge in [-0.05, 0) is 61.6 Å². The molecule has 3 N–H and O–H groups in total. The lowest BCUT2D eigenvalue weighted by molar-refractivity contribution is -0.117. The Kier molecular flexibility index (Phi) is 3.79. The molecule has 2 aliphatic carbocycles. The van der Waals surface area contributed by atoms with Gasteiger partial charge in [0.2, 0.25) is 5.91 Å². The molecule has 0 aliphatic heterocycles. The van der Waals surface area contributed by atoms with E-state index in [1.807, 2.05) is 31.2 Å². The largest absolute Gasteiger partial charge is 0.326 e. The van der Waals surface area contributed by atoms with Crippen LogP contribution >= 0.6 is 0 Å². The summed E-state index contributed by atoms with van der Waals surface area (Å²) in [5.74, 6) is 2.48. The minimum Gasteiger partial charge on any atom is -0.326 e. The zero-order valence-corrected chi connectivity index (χ0v) is 12.1. The minimum absolute atomic E-state index is 0.00239. The van der Waals surface area contributed by atoms with Crippen molar-refractivity contribution in [3.63, 3.8) is 0 Å². The van der Waals surface area contributed by atoms with Crippen LogP contribution in [0.4, 0.5) is 5.69 Å². The van der Waals surface area contributed by atoms with Crippen LogP contribution in [0.2, 0.25) is 0 Å². The predicted molar refractivity (Wildman–Crippen MR) is 81.2 cm³/mol. The third-order valence-electron chi connectivity index (χ3n) is 5.03. The molecule has 0 heterocycles. The Bertz CT molecular complexity index is 498. The zero-order valence-electron chi connectivity index (χ0n) is 12.1. The van der Waals surface area contributed by atoms with Crippen LogP contribution in [0.5, 0.6) is 0 Å². The molecule has 2 fully saturated rings. The summed E-state index contributed by atoms with van der Waals surface area (Å²) < 4.78 is 0. The van der Waals surface area contributed by atoms with Crippen LogP contribution in [-0.4, -0.2) is 5.91 Å². The quantitative estimate of drug-likeness (QED) is 0.881. The highest BCUT2D eigenvalue weighted by atomic mass is 16.1. The first-order valence-corrected chi connectivity index (χ1v) is 7.77. The summed E-state index contributed by atoms with van der Waals surface area (Å²) >= 11 is 0. The molecule has 0 radical (unpaired) electrons. The van der Waals surface area contributed by atoms with Gasteiger partial charge in [0.1, 0.15) is 0 Å². The first kappa shape index (κ1) is 13.6. The van der Waals surface area contributed by atoms with Crippen LogP contribution in [0.1, 0.15) is 50.6 Å². The van der Waals surface area contributed by atoms with Crippen LogP contribution in [0.25, 0.3) is 0 Å². The number of hydrogen-bond acceptors (Lipinski definition) is 2. The van der Waals surface area contributed by atoms with Crippen molar-refractivity contribution < 1.29 is 4.79 Å². The average Bonchev–Trinajstić information content (AvgIpc) is 3.01. The number of carbonyl (C=O) groups excluding carboxylic acids is 1. The molecule has 1 aromatic rings. The van der Waals surface area contributed by atoms with E-state index < -0.39 is 0 Å². The second kappa shape index (κ2) is 5.57. The monoisotopic (exact) mass is 272 g/mol. The molecule has 3 rings (SSSR count). The van der Waals surface area contributed by atoms with E-state index in [9.17, 15) is 4.79 Å². The second-order valence-electron chi connectivity index (χ2n) is 6.60. The summed E-state index contributed by atoms with van der Waals surface area (Å²) in [5.41, 5.74) is 7.80. The van der Waals surface area contributed by atoms with E-state index >= 15 is 0 Å². The van der Waals surface area contributed by atoms with Gasteiger partial charge in [-0.2, -0.15) is 0 Å². The molecule has 1 amide bonds. The number of benzene rings is 1. The molecular weight excluding hydrogens is 248 g/mol. The molecular formula is C17H24N2O. The van der Waals surface area contributed by atoms with E-state index in [2.05, 4.69) is 5.32 Å². The summed E-state index contributed by atoms with van der Waals surface area (Å²) in [6.07, 6.45) is 6.03. The number of anilines is 1. The van der Waals surface area contributed by atoms with Gasteiger partial charge in [-0.1, -0.05) is 18.6 Å². The van der Waals surface area contributed by atoms with Gasteiger partial charge in [-0.25, -0.2) is 0 Å². The highest BCUT2D eigenvalue weighted by Crippen LogP contribution is 2.49. The van der Waals surface area contributed by atoms with Crippen molar-refractivity contribution >= 4 is 11.6 Å². The van der Waals surface area contributed by atoms with Gasteiger partial charge < -0.3 is 11.1 Å². The van der Waals surface area contributed by atoms with E-state index in [4.69, 9.17) is 5.73 Å². The maximum Gasteiger partial charge on any atom is 0.224 e. The fourth-order valence-corrected chi connectivity index (χ4v) is 3.98. The smallest absolute Gasteiger partial charge is 0.224 e. The zero-order chi connectivity index (χ0) is 14.1. The molecule has 3 heteroatoms. The first-order valence-electron chi connectivity index (χ1n) is 7.77. The number of fused-ring (bicyclic) bond motifs is 2. The number of hydrogen-bond donors (Lipinski definition) is 2. The number of amides is 1. The Morgan fingerprint density at radius 3 is 2.90 bits per heavy atom. The van der Waals surface area contributed by atoms with Gasteiger partial charge in [-0.15, -0.1) is 0 Å². The molecule has 2 aliphatic rings. The molecule has 0 saturated heterocycles. The van der Waals surface area contributed by atoms with Crippen molar-refractivity contribution in [3.05, 3.63) is 29.8 Å². The summed E-state index contributed by atoms with van der Waals surface area (Å²) in [4.78, 5) is 12.2. The third-order valence-corrected chi connectivity index (χ3v) is 5.03. The van der Waals surface area contributed by atoms with E-state index in [1.165, 1.54) is 25.7 Å². The molecule has 0 spiro atoms. The second-order valence-corrected chi connectivity index (χ2v) is 6.60.